The zero-order valence-corrected chi connectivity index (χ0v) is 11.5. The fourth-order valence-corrected chi connectivity index (χ4v) is 3.30. The van der Waals surface area contributed by atoms with Crippen LogP contribution in [0.4, 0.5) is 0 Å². The first-order valence-corrected chi connectivity index (χ1v) is 6.72. The van der Waals surface area contributed by atoms with E-state index in [1.54, 1.807) is 0 Å². The zero-order valence-electron chi connectivity index (χ0n) is 11.5. The van der Waals surface area contributed by atoms with Crippen LogP contribution in [0.1, 0.15) is 68.2 Å². The van der Waals surface area contributed by atoms with Crippen molar-refractivity contribution in [2.24, 2.45) is 0 Å². The maximum Gasteiger partial charge on any atom is 0.164 e. The van der Waals surface area contributed by atoms with Crippen LogP contribution in [0.15, 0.2) is 6.07 Å². The highest BCUT2D eigenvalue weighted by atomic mass is 16.1. The minimum atomic E-state index is 0.129. The van der Waals surface area contributed by atoms with E-state index in [0.717, 1.165) is 31.2 Å². The van der Waals surface area contributed by atoms with Gasteiger partial charge in [0.15, 0.2) is 5.78 Å². The fraction of sp³-hybridized carbons (Fsp3) is 0.667. The summed E-state index contributed by atoms with van der Waals surface area (Å²) < 4.78 is 2.41. The number of carbonyl (C=O) groups is 1. The maximum absolute atomic E-state index is 11.9. The minimum absolute atomic E-state index is 0.129. The van der Waals surface area contributed by atoms with Crippen molar-refractivity contribution >= 4 is 5.78 Å². The number of hydrogen-bond donors (Lipinski definition) is 0. The normalized spacial score (nSPS) is 16.1. The molecule has 0 amide bonds. The predicted octanol–water partition coefficient (Wildman–Crippen LogP) is 3.85. The lowest BCUT2D eigenvalue weighted by molar-refractivity contribution is 0.0971. The van der Waals surface area contributed by atoms with E-state index in [9.17, 15) is 4.79 Å². The summed E-state index contributed by atoms with van der Waals surface area (Å²) in [5.74, 6) is 0.334. The Morgan fingerprint density at radius 1 is 1.35 bits per heavy atom. The van der Waals surface area contributed by atoms with E-state index in [-0.39, 0.29) is 5.54 Å². The van der Waals surface area contributed by atoms with Crippen molar-refractivity contribution in [3.05, 3.63) is 23.0 Å². The lowest BCUT2D eigenvalue weighted by atomic mass is 9.93. The average Bonchev–Trinajstić information content (AvgIpc) is 2.56. The number of Topliss-reactive ketones (excluding diaryl/α,β-unsaturated/α-hetero) is 1. The van der Waals surface area contributed by atoms with Gasteiger partial charge in [0.2, 0.25) is 0 Å². The molecule has 1 heterocycles. The van der Waals surface area contributed by atoms with Crippen LogP contribution in [0.5, 0.6) is 0 Å². The van der Waals surface area contributed by atoms with Crippen molar-refractivity contribution in [1.29, 1.82) is 0 Å². The zero-order chi connectivity index (χ0) is 12.6. The van der Waals surface area contributed by atoms with E-state index >= 15 is 0 Å². The molecule has 17 heavy (non-hydrogen) atoms. The second kappa shape index (κ2) is 4.32. The van der Waals surface area contributed by atoms with Gasteiger partial charge in [-0.2, -0.15) is 0 Å². The molecule has 0 spiro atoms. The van der Waals surface area contributed by atoms with Crippen LogP contribution in [-0.4, -0.2) is 10.4 Å². The summed E-state index contributed by atoms with van der Waals surface area (Å²) in [5, 5.41) is 0. The first kappa shape index (κ1) is 12.4. The van der Waals surface area contributed by atoms with Crippen LogP contribution in [0, 0.1) is 6.92 Å². The highest BCUT2D eigenvalue weighted by molar-refractivity contribution is 5.98. The number of ketones is 1. The molecule has 2 nitrogen and oxygen atoms in total. The van der Waals surface area contributed by atoms with E-state index in [1.165, 1.54) is 17.8 Å². The summed E-state index contributed by atoms with van der Waals surface area (Å²) >= 11 is 0. The summed E-state index contributed by atoms with van der Waals surface area (Å²) in [5.41, 5.74) is 3.63. The van der Waals surface area contributed by atoms with E-state index < -0.39 is 0 Å². The second-order valence-electron chi connectivity index (χ2n) is 5.82. The molecule has 0 N–H and O–H groups in total. The smallest absolute Gasteiger partial charge is 0.164 e. The van der Waals surface area contributed by atoms with E-state index in [1.807, 2.05) is 0 Å². The number of rotatable bonds is 3. The Bertz CT molecular complexity index is 440. The Morgan fingerprint density at radius 2 is 2.06 bits per heavy atom. The van der Waals surface area contributed by atoms with Gasteiger partial charge in [0.1, 0.15) is 0 Å². The Morgan fingerprint density at radius 3 is 2.71 bits per heavy atom. The molecule has 0 aliphatic heterocycles. The second-order valence-corrected chi connectivity index (χ2v) is 5.82. The first-order chi connectivity index (χ1) is 7.97. The monoisotopic (exact) mass is 233 g/mol. The van der Waals surface area contributed by atoms with Crippen molar-refractivity contribution in [1.82, 2.24) is 4.57 Å². The van der Waals surface area contributed by atoms with Crippen LogP contribution in [-0.2, 0) is 12.0 Å². The topological polar surface area (TPSA) is 22.0 Å². The molecule has 0 fully saturated rings. The van der Waals surface area contributed by atoms with Crippen molar-refractivity contribution in [3.8, 4) is 0 Å². The van der Waals surface area contributed by atoms with Gasteiger partial charge < -0.3 is 4.57 Å². The molecular weight excluding hydrogens is 210 g/mol. The lowest BCUT2D eigenvalue weighted by Crippen LogP contribution is -2.30. The molecule has 2 rings (SSSR count). The summed E-state index contributed by atoms with van der Waals surface area (Å²) in [6.45, 7) is 8.91. The Kier molecular flexibility index (Phi) is 3.15. The van der Waals surface area contributed by atoms with Crippen LogP contribution < -0.4 is 0 Å². The van der Waals surface area contributed by atoms with Crippen LogP contribution in [0.2, 0.25) is 0 Å². The summed E-state index contributed by atoms with van der Waals surface area (Å²) in [6.07, 6.45) is 5.13. The van der Waals surface area contributed by atoms with E-state index in [0.29, 0.717) is 5.78 Å². The molecule has 1 aromatic heterocycles. The third-order valence-corrected chi connectivity index (χ3v) is 3.87. The third kappa shape index (κ3) is 2.05. The lowest BCUT2D eigenvalue weighted by Gasteiger charge is -2.32. The van der Waals surface area contributed by atoms with Gasteiger partial charge in [-0.1, -0.05) is 13.3 Å². The molecule has 1 aromatic rings. The predicted molar refractivity (Wildman–Crippen MR) is 70.7 cm³/mol. The van der Waals surface area contributed by atoms with Gasteiger partial charge in [-0.05, 0) is 46.1 Å². The molecule has 0 saturated carbocycles. The molecule has 0 aromatic carbocycles. The Balaban J connectivity index is 2.51. The highest BCUT2D eigenvalue weighted by Crippen LogP contribution is 2.32. The van der Waals surface area contributed by atoms with Crippen molar-refractivity contribution < 1.29 is 4.79 Å². The number of fused-ring (bicyclic) bond motifs is 1. The third-order valence-electron chi connectivity index (χ3n) is 3.87. The largest absolute Gasteiger partial charge is 0.343 e. The summed E-state index contributed by atoms with van der Waals surface area (Å²) in [6, 6.07) is 2.09. The van der Waals surface area contributed by atoms with Gasteiger partial charge in [-0.25, -0.2) is 0 Å². The molecular formula is C15H23NO. The highest BCUT2D eigenvalue weighted by Gasteiger charge is 2.29. The Labute approximate surface area is 104 Å². The van der Waals surface area contributed by atoms with Crippen LogP contribution in [0.3, 0.4) is 0 Å². The molecule has 0 saturated heterocycles. The van der Waals surface area contributed by atoms with Crippen LogP contribution in [0.25, 0.3) is 0 Å². The Hall–Kier alpha value is -1.05. The number of hydrogen-bond acceptors (Lipinski definition) is 1. The fourth-order valence-electron chi connectivity index (χ4n) is 3.30. The van der Waals surface area contributed by atoms with Crippen molar-refractivity contribution in [2.75, 3.05) is 0 Å². The number of aromatic nitrogens is 1. The molecule has 1 aliphatic rings. The molecule has 94 valence electrons. The van der Waals surface area contributed by atoms with E-state index in [2.05, 4.69) is 38.3 Å². The van der Waals surface area contributed by atoms with E-state index in [4.69, 9.17) is 0 Å². The van der Waals surface area contributed by atoms with Gasteiger partial charge in [0, 0.05) is 28.9 Å². The molecule has 0 unspecified atom stereocenters. The van der Waals surface area contributed by atoms with Crippen molar-refractivity contribution in [3.63, 3.8) is 0 Å². The standard InChI is InChI=1S/C15H23NO/c1-5-9-15(3,4)16-11(2)10-12-13(16)7-6-8-14(12)17/h10H,5-9H2,1-4H3. The minimum Gasteiger partial charge on any atom is -0.343 e. The summed E-state index contributed by atoms with van der Waals surface area (Å²) in [7, 11) is 0. The first-order valence-electron chi connectivity index (χ1n) is 6.72. The number of aryl methyl sites for hydroxylation is 1. The molecule has 2 heteroatoms. The molecule has 0 atom stereocenters. The average molecular weight is 233 g/mol. The number of nitrogens with zero attached hydrogens (tertiary/aromatic N) is 1. The van der Waals surface area contributed by atoms with Gasteiger partial charge in [-0.3, -0.25) is 4.79 Å². The van der Waals surface area contributed by atoms with Crippen LogP contribution >= 0.6 is 0 Å². The van der Waals surface area contributed by atoms with Gasteiger partial charge in [-0.15, -0.1) is 0 Å². The molecule has 0 radical (unpaired) electrons. The SMILES string of the molecule is CCCC(C)(C)n1c(C)cc2c1CCCC2=O. The van der Waals surface area contributed by atoms with Gasteiger partial charge in [0.05, 0.1) is 0 Å². The maximum atomic E-state index is 11.9. The molecule has 1 aliphatic carbocycles. The van der Waals surface area contributed by atoms with Gasteiger partial charge in [0.25, 0.3) is 0 Å². The van der Waals surface area contributed by atoms with Gasteiger partial charge >= 0.3 is 0 Å². The number of carbonyl (C=O) groups excluding carboxylic acids is 1. The summed E-state index contributed by atoms with van der Waals surface area (Å²) in [4.78, 5) is 11.9. The van der Waals surface area contributed by atoms with Crippen molar-refractivity contribution in [2.45, 2.75) is 65.3 Å². The quantitative estimate of drug-likeness (QED) is 0.777. The molecule has 0 bridgehead atoms.